The van der Waals surface area contributed by atoms with Crippen LogP contribution in [0.1, 0.15) is 84.0 Å². The first kappa shape index (κ1) is 23.4. The molecule has 1 saturated heterocycles. The summed E-state index contributed by atoms with van der Waals surface area (Å²) in [7, 11) is -3.41. The predicted molar refractivity (Wildman–Crippen MR) is 105 cm³/mol. The van der Waals surface area contributed by atoms with Crippen molar-refractivity contribution in [3.05, 3.63) is 12.2 Å². The van der Waals surface area contributed by atoms with E-state index in [1.165, 1.54) is 44.9 Å². The van der Waals surface area contributed by atoms with Crippen molar-refractivity contribution in [2.24, 2.45) is 5.92 Å². The number of carbonyl (C=O) groups excluding carboxylic acids is 1. The Morgan fingerprint density at radius 2 is 1.69 bits per heavy atom. The van der Waals surface area contributed by atoms with E-state index in [-0.39, 0.29) is 31.3 Å². The lowest BCUT2D eigenvalue weighted by atomic mass is 10.1. The Balaban J connectivity index is 1.84. The first-order valence-electron chi connectivity index (χ1n) is 10.3. The molecule has 0 spiro atoms. The van der Waals surface area contributed by atoms with Crippen LogP contribution in [-0.2, 0) is 18.6 Å². The average molecular weight is 388 g/mol. The molecular weight excluding hydrogens is 351 g/mol. The molecule has 2 atom stereocenters. The lowest BCUT2D eigenvalue weighted by Crippen LogP contribution is -2.16. The van der Waals surface area contributed by atoms with Gasteiger partial charge in [-0.25, -0.2) is 0 Å². The Morgan fingerprint density at radius 3 is 2.31 bits per heavy atom. The zero-order chi connectivity index (χ0) is 19.1. The van der Waals surface area contributed by atoms with Gasteiger partial charge >= 0.3 is 13.6 Å². The summed E-state index contributed by atoms with van der Waals surface area (Å²) in [4.78, 5) is 20.9. The fraction of sp³-hybridized carbons (Fsp3) is 0.850. The molecule has 0 aliphatic carbocycles. The molecule has 0 bridgehead atoms. The molecule has 1 aliphatic rings. The molecule has 1 fully saturated rings. The highest BCUT2D eigenvalue weighted by Crippen LogP contribution is 2.49. The summed E-state index contributed by atoms with van der Waals surface area (Å²) in [6, 6.07) is 0. The van der Waals surface area contributed by atoms with E-state index >= 15 is 0 Å². The number of hydrogen-bond acceptors (Lipinski definition) is 4. The van der Waals surface area contributed by atoms with Crippen molar-refractivity contribution in [3.63, 3.8) is 0 Å². The van der Waals surface area contributed by atoms with Crippen LogP contribution in [0, 0.1) is 5.92 Å². The Kier molecular flexibility index (Phi) is 13.0. The summed E-state index contributed by atoms with van der Waals surface area (Å²) in [6.07, 6.45) is 18.3. The summed E-state index contributed by atoms with van der Waals surface area (Å²) in [6.45, 7) is 2.63. The van der Waals surface area contributed by atoms with E-state index in [9.17, 15) is 14.3 Å². The molecule has 0 amide bonds. The van der Waals surface area contributed by atoms with Crippen LogP contribution in [0.25, 0.3) is 0 Å². The smallest absolute Gasteiger partial charge is 0.328 e. The van der Waals surface area contributed by atoms with Crippen molar-refractivity contribution >= 4 is 13.6 Å². The summed E-state index contributed by atoms with van der Waals surface area (Å²) < 4.78 is 21.2. The van der Waals surface area contributed by atoms with Crippen molar-refractivity contribution in [2.75, 3.05) is 19.4 Å². The van der Waals surface area contributed by atoms with Gasteiger partial charge in [0, 0.05) is 12.3 Å². The van der Waals surface area contributed by atoms with Crippen molar-refractivity contribution in [1.29, 1.82) is 0 Å². The van der Waals surface area contributed by atoms with Crippen LogP contribution < -0.4 is 0 Å². The largest absolute Gasteiger partial charge is 0.465 e. The maximum Gasteiger partial charge on any atom is 0.328 e. The van der Waals surface area contributed by atoms with Crippen LogP contribution in [0.3, 0.4) is 0 Å². The van der Waals surface area contributed by atoms with Gasteiger partial charge in [-0.05, 0) is 32.1 Å². The summed E-state index contributed by atoms with van der Waals surface area (Å²) in [5, 5.41) is 0. The third kappa shape index (κ3) is 12.7. The third-order valence-corrected chi connectivity index (χ3v) is 6.15. The second-order valence-electron chi connectivity index (χ2n) is 7.29. The van der Waals surface area contributed by atoms with Crippen LogP contribution in [0.2, 0.25) is 0 Å². The van der Waals surface area contributed by atoms with Gasteiger partial charge in [0.2, 0.25) is 0 Å². The Bertz CT molecular complexity index is 449. The first-order chi connectivity index (χ1) is 12.5. The van der Waals surface area contributed by atoms with Gasteiger partial charge in [-0.15, -0.1) is 0 Å². The van der Waals surface area contributed by atoms with Crippen LogP contribution in [0.15, 0.2) is 12.2 Å². The number of esters is 1. The molecule has 0 aromatic heterocycles. The molecule has 5 nitrogen and oxygen atoms in total. The highest BCUT2D eigenvalue weighted by Gasteiger charge is 2.34. The third-order valence-electron chi connectivity index (χ3n) is 4.62. The minimum absolute atomic E-state index is 0.0907. The minimum atomic E-state index is -3.41. The van der Waals surface area contributed by atoms with E-state index in [2.05, 4.69) is 19.1 Å². The molecule has 0 saturated carbocycles. The number of carbonyl (C=O) groups is 1. The Hall–Kier alpha value is -0.640. The highest BCUT2D eigenvalue weighted by molar-refractivity contribution is 7.53. The molecule has 1 unspecified atom stereocenters. The van der Waals surface area contributed by atoms with E-state index < -0.39 is 7.60 Å². The van der Waals surface area contributed by atoms with Crippen LogP contribution in [0.5, 0.6) is 0 Å². The standard InChI is InChI=1S/C20H37O5P/c1-2-3-4-5-6-7-8-9-10-11-12-13-14-15-20(21)24-16-19-17-25-26(22,23)18-19/h7-8,19H,2-6,9-18H2,1H3,(H,22,23)/b8-7-/t19-/m0/s1. The number of hydrogen-bond donors (Lipinski definition) is 1. The number of ether oxygens (including phenoxy) is 1. The van der Waals surface area contributed by atoms with Crippen molar-refractivity contribution in [2.45, 2.75) is 84.0 Å². The van der Waals surface area contributed by atoms with Gasteiger partial charge in [0.1, 0.15) is 0 Å². The minimum Gasteiger partial charge on any atom is -0.465 e. The lowest BCUT2D eigenvalue weighted by molar-refractivity contribution is -0.145. The zero-order valence-corrected chi connectivity index (χ0v) is 17.3. The van der Waals surface area contributed by atoms with E-state index in [1.807, 2.05) is 0 Å². The normalized spacial score (nSPS) is 22.9. The monoisotopic (exact) mass is 388 g/mol. The van der Waals surface area contributed by atoms with Gasteiger partial charge in [-0.3, -0.25) is 9.36 Å². The average Bonchev–Trinajstić information content (AvgIpc) is 2.96. The molecule has 6 heteroatoms. The molecule has 0 radical (unpaired) electrons. The first-order valence-corrected chi connectivity index (χ1v) is 12.1. The van der Waals surface area contributed by atoms with E-state index in [1.54, 1.807) is 0 Å². The quantitative estimate of drug-likeness (QED) is 0.171. The molecule has 1 heterocycles. The highest BCUT2D eigenvalue weighted by atomic mass is 31.2. The van der Waals surface area contributed by atoms with Gasteiger partial charge < -0.3 is 14.2 Å². The topological polar surface area (TPSA) is 72.8 Å². The molecule has 0 aromatic rings. The van der Waals surface area contributed by atoms with Crippen LogP contribution in [-0.4, -0.2) is 30.2 Å². The van der Waals surface area contributed by atoms with Crippen molar-refractivity contribution < 1.29 is 23.5 Å². The molecule has 1 N–H and O–H groups in total. The summed E-state index contributed by atoms with van der Waals surface area (Å²) in [5.41, 5.74) is 0. The summed E-state index contributed by atoms with van der Waals surface area (Å²) >= 11 is 0. The molecule has 152 valence electrons. The lowest BCUT2D eigenvalue weighted by Gasteiger charge is -2.08. The molecule has 26 heavy (non-hydrogen) atoms. The van der Waals surface area contributed by atoms with Gasteiger partial charge in [-0.2, -0.15) is 0 Å². The van der Waals surface area contributed by atoms with Crippen LogP contribution in [0.4, 0.5) is 0 Å². The van der Waals surface area contributed by atoms with Gasteiger partial charge in [0.15, 0.2) is 0 Å². The number of allylic oxidation sites excluding steroid dienone is 2. The molecule has 1 rings (SSSR count). The predicted octanol–water partition coefficient (Wildman–Crippen LogP) is 5.62. The van der Waals surface area contributed by atoms with Crippen molar-refractivity contribution in [1.82, 2.24) is 0 Å². The van der Waals surface area contributed by atoms with Crippen molar-refractivity contribution in [3.8, 4) is 0 Å². The maximum atomic E-state index is 11.7. The van der Waals surface area contributed by atoms with Gasteiger partial charge in [0.25, 0.3) is 0 Å². The van der Waals surface area contributed by atoms with E-state index in [0.29, 0.717) is 6.42 Å². The molecular formula is C20H37O5P. The second kappa shape index (κ2) is 14.4. The fourth-order valence-corrected chi connectivity index (χ4v) is 4.44. The molecule has 0 aromatic carbocycles. The number of unbranched alkanes of at least 4 members (excludes halogenated alkanes) is 9. The Labute approximate surface area is 159 Å². The maximum absolute atomic E-state index is 11.7. The van der Waals surface area contributed by atoms with Crippen LogP contribution >= 0.6 is 7.60 Å². The van der Waals surface area contributed by atoms with Gasteiger partial charge in [0.05, 0.1) is 19.4 Å². The van der Waals surface area contributed by atoms with E-state index in [4.69, 9.17) is 9.26 Å². The number of rotatable bonds is 15. The second-order valence-corrected chi connectivity index (χ2v) is 9.19. The molecule has 1 aliphatic heterocycles. The fourth-order valence-electron chi connectivity index (χ4n) is 3.02. The summed E-state index contributed by atoms with van der Waals surface area (Å²) in [5.74, 6) is -0.356. The van der Waals surface area contributed by atoms with E-state index in [0.717, 1.165) is 25.7 Å². The van der Waals surface area contributed by atoms with Gasteiger partial charge in [-0.1, -0.05) is 57.6 Å². The zero-order valence-electron chi connectivity index (χ0n) is 16.4. The SMILES string of the molecule is CCCCCC/C=C\CCCCCCCC(=O)OC[C@H]1COP(=O)(O)C1. The Morgan fingerprint density at radius 1 is 1.08 bits per heavy atom.